The Bertz CT molecular complexity index is 1080. The van der Waals surface area contributed by atoms with Crippen LogP contribution in [-0.2, 0) is 11.3 Å². The smallest absolute Gasteiger partial charge is 0.307 e. The first-order chi connectivity index (χ1) is 14.0. The fraction of sp³-hybridized carbons (Fsp3) is 0.150. The molecule has 148 valence electrons. The van der Waals surface area contributed by atoms with Gasteiger partial charge in [0.1, 0.15) is 19.0 Å². The van der Waals surface area contributed by atoms with Crippen molar-refractivity contribution in [2.24, 2.45) is 0 Å². The molecule has 2 aromatic carbocycles. The summed E-state index contributed by atoms with van der Waals surface area (Å²) in [5.74, 6) is -0.479. The van der Waals surface area contributed by atoms with Crippen LogP contribution in [-0.4, -0.2) is 40.2 Å². The van der Waals surface area contributed by atoms with Crippen molar-refractivity contribution in [3.63, 3.8) is 0 Å². The van der Waals surface area contributed by atoms with Gasteiger partial charge in [-0.3, -0.25) is 24.2 Å². The Morgan fingerprint density at radius 1 is 0.931 bits per heavy atom. The fourth-order valence-electron chi connectivity index (χ4n) is 2.93. The number of carbonyl (C=O) groups excluding carboxylic acids is 2. The van der Waals surface area contributed by atoms with E-state index in [0.29, 0.717) is 28.2 Å². The second-order valence-electron chi connectivity index (χ2n) is 6.24. The lowest BCUT2D eigenvalue weighted by molar-refractivity contribution is -0.0976. The van der Waals surface area contributed by atoms with Crippen molar-refractivity contribution in [3.05, 3.63) is 79.8 Å². The van der Waals surface area contributed by atoms with Gasteiger partial charge in [0.2, 0.25) is 5.88 Å². The lowest BCUT2D eigenvalue weighted by Crippen LogP contribution is -2.31. The van der Waals surface area contributed by atoms with Gasteiger partial charge in [0.05, 0.1) is 16.0 Å². The van der Waals surface area contributed by atoms with Crippen LogP contribution in [0.3, 0.4) is 0 Å². The maximum Gasteiger partial charge on any atom is 0.307 e. The third-order valence-electron chi connectivity index (χ3n) is 4.32. The highest BCUT2D eigenvalue weighted by Crippen LogP contribution is 2.23. The maximum absolute atomic E-state index is 12.2. The van der Waals surface area contributed by atoms with Gasteiger partial charge < -0.3 is 9.84 Å². The molecule has 8 nitrogen and oxygen atoms in total. The molecule has 0 unspecified atom stereocenters. The van der Waals surface area contributed by atoms with Crippen LogP contribution in [0.1, 0.15) is 31.2 Å². The number of benzene rings is 2. The number of imide groups is 1. The van der Waals surface area contributed by atoms with E-state index in [2.05, 4.69) is 4.98 Å². The zero-order chi connectivity index (χ0) is 20.4. The monoisotopic (exact) mass is 412 g/mol. The van der Waals surface area contributed by atoms with Gasteiger partial charge in [0.15, 0.2) is 0 Å². The van der Waals surface area contributed by atoms with Crippen LogP contribution in [0.4, 0.5) is 0 Å². The number of ether oxygens (including phenoxy) is 1. The van der Waals surface area contributed by atoms with Crippen LogP contribution in [0.2, 0.25) is 0 Å². The number of rotatable bonds is 7. The molecule has 1 aliphatic heterocycles. The summed E-state index contributed by atoms with van der Waals surface area (Å²) in [4.78, 5) is 43.5. The number of aromatic nitrogens is 1. The second-order valence-corrected chi connectivity index (χ2v) is 7.31. The highest BCUT2D eigenvalue weighted by molar-refractivity contribution is 7.09. The Hall–Kier alpha value is -3.43. The van der Waals surface area contributed by atoms with Crippen molar-refractivity contribution in [3.8, 4) is 11.6 Å². The predicted molar refractivity (Wildman–Crippen MR) is 104 cm³/mol. The van der Waals surface area contributed by atoms with Gasteiger partial charge in [-0.2, -0.15) is 0 Å². The summed E-state index contributed by atoms with van der Waals surface area (Å²) in [7, 11) is 0. The summed E-state index contributed by atoms with van der Waals surface area (Å²) in [5.41, 5.74) is 1.56. The van der Waals surface area contributed by atoms with Gasteiger partial charge in [-0.15, -0.1) is 5.06 Å². The molecule has 2 heterocycles. The molecule has 0 saturated carbocycles. The Morgan fingerprint density at radius 3 is 2.17 bits per heavy atom. The van der Waals surface area contributed by atoms with E-state index in [4.69, 9.17) is 9.57 Å². The summed E-state index contributed by atoms with van der Waals surface area (Å²) in [6.07, 6.45) is 0.429. The first-order valence-electron chi connectivity index (χ1n) is 8.76. The molecule has 4 rings (SSSR count). The molecular formula is C20H16N2O6S. The number of hydrogen-bond donors (Lipinski definition) is 2. The number of aromatic hydroxyl groups is 1. The maximum atomic E-state index is 12.2. The molecule has 0 spiro atoms. The Balaban J connectivity index is 1.27. The summed E-state index contributed by atoms with van der Waals surface area (Å²) >= 11 is 0.970. The Morgan fingerprint density at radius 2 is 1.59 bits per heavy atom. The van der Waals surface area contributed by atoms with Gasteiger partial charge in [-0.25, -0.2) is 0 Å². The average molecular weight is 412 g/mol. The van der Waals surface area contributed by atoms with Crippen LogP contribution >= 0.6 is 11.3 Å². The lowest BCUT2D eigenvalue weighted by atomic mass is 10.1. The minimum atomic E-state index is -0.481. The molecule has 3 aromatic rings. The van der Waals surface area contributed by atoms with Crippen molar-refractivity contribution >= 4 is 23.2 Å². The van der Waals surface area contributed by atoms with Gasteiger partial charge in [0, 0.05) is 6.42 Å². The number of hydroxylamine groups is 2. The van der Waals surface area contributed by atoms with Gasteiger partial charge in [0.25, 0.3) is 11.8 Å². The van der Waals surface area contributed by atoms with E-state index >= 15 is 0 Å². The zero-order valence-corrected chi connectivity index (χ0v) is 15.9. The molecule has 0 atom stereocenters. The van der Waals surface area contributed by atoms with Gasteiger partial charge in [-0.05, 0) is 29.8 Å². The van der Waals surface area contributed by atoms with Crippen molar-refractivity contribution in [1.82, 2.24) is 10.0 Å². The number of thiazole rings is 1. The highest BCUT2D eigenvalue weighted by atomic mass is 32.1. The lowest BCUT2D eigenvalue weighted by Gasteiger charge is -2.13. The van der Waals surface area contributed by atoms with E-state index in [-0.39, 0.29) is 24.0 Å². The number of amides is 2. The molecule has 0 bridgehead atoms. The quantitative estimate of drug-likeness (QED) is 0.455. The molecule has 29 heavy (non-hydrogen) atoms. The normalized spacial score (nSPS) is 13.0. The standard InChI is InChI=1S/C20H16N2O6S/c23-17-16(29-20(26)21-17)11-12-5-7-13(8-6-12)27-9-10-28-22-18(24)14-3-1-2-4-15(14)19(22)25/h1-8,23H,9-11H2,(H,21,26). The summed E-state index contributed by atoms with van der Waals surface area (Å²) in [5, 5.41) is 10.4. The average Bonchev–Trinajstić information content (AvgIpc) is 3.16. The van der Waals surface area contributed by atoms with E-state index in [9.17, 15) is 19.5 Å². The first kappa shape index (κ1) is 18.9. The fourth-order valence-corrected chi connectivity index (χ4v) is 3.69. The van der Waals surface area contributed by atoms with Crippen molar-refractivity contribution < 1.29 is 24.3 Å². The van der Waals surface area contributed by atoms with Crippen LogP contribution < -0.4 is 9.61 Å². The Kier molecular flexibility index (Phi) is 5.15. The second kappa shape index (κ2) is 7.90. The molecule has 0 radical (unpaired) electrons. The molecule has 1 aliphatic rings. The molecule has 1 aromatic heterocycles. The van der Waals surface area contributed by atoms with E-state index in [1.165, 1.54) is 0 Å². The predicted octanol–water partition coefficient (Wildman–Crippen LogP) is 2.34. The van der Waals surface area contributed by atoms with Crippen molar-refractivity contribution in [1.29, 1.82) is 0 Å². The van der Waals surface area contributed by atoms with Gasteiger partial charge in [-0.1, -0.05) is 35.6 Å². The van der Waals surface area contributed by atoms with E-state index in [1.54, 1.807) is 36.4 Å². The molecule has 0 saturated heterocycles. The number of hydrogen-bond acceptors (Lipinski definition) is 7. The van der Waals surface area contributed by atoms with Crippen LogP contribution in [0.5, 0.6) is 11.6 Å². The molecule has 0 fully saturated rings. The van der Waals surface area contributed by atoms with Crippen molar-refractivity contribution in [2.75, 3.05) is 13.2 Å². The SMILES string of the molecule is O=C1c2ccccc2C(=O)N1OCCOc1ccc(Cc2sc(=O)[nH]c2O)cc1. The number of aromatic amines is 1. The zero-order valence-electron chi connectivity index (χ0n) is 15.1. The number of nitrogens with zero attached hydrogens (tertiary/aromatic N) is 1. The molecule has 2 amide bonds. The minimum absolute atomic E-state index is 0.0262. The summed E-state index contributed by atoms with van der Waals surface area (Å²) < 4.78 is 5.57. The third-order valence-corrected chi connectivity index (χ3v) is 5.19. The van der Waals surface area contributed by atoms with Crippen molar-refractivity contribution in [2.45, 2.75) is 6.42 Å². The highest BCUT2D eigenvalue weighted by Gasteiger charge is 2.36. The van der Waals surface area contributed by atoms with Crippen LogP contribution in [0.15, 0.2) is 53.3 Å². The van der Waals surface area contributed by atoms with Crippen LogP contribution in [0.25, 0.3) is 0 Å². The minimum Gasteiger partial charge on any atom is -0.494 e. The molecule has 9 heteroatoms. The summed E-state index contributed by atoms with van der Waals surface area (Å²) in [6, 6.07) is 13.7. The summed E-state index contributed by atoms with van der Waals surface area (Å²) in [6.45, 7) is 0.172. The number of carbonyl (C=O) groups is 2. The number of nitrogens with one attached hydrogen (secondary N) is 1. The van der Waals surface area contributed by atoms with E-state index in [1.807, 2.05) is 12.1 Å². The number of H-pyrrole nitrogens is 1. The Labute approximate surface area is 168 Å². The number of fused-ring (bicyclic) bond motifs is 1. The largest absolute Gasteiger partial charge is 0.494 e. The van der Waals surface area contributed by atoms with Gasteiger partial charge >= 0.3 is 4.87 Å². The first-order valence-corrected chi connectivity index (χ1v) is 9.58. The van der Waals surface area contributed by atoms with E-state index < -0.39 is 11.8 Å². The third kappa shape index (κ3) is 3.91. The molecule has 0 aliphatic carbocycles. The van der Waals surface area contributed by atoms with Crippen LogP contribution in [0, 0.1) is 0 Å². The topological polar surface area (TPSA) is 109 Å². The van der Waals surface area contributed by atoms with E-state index in [0.717, 1.165) is 22.0 Å². The molecule has 2 N–H and O–H groups in total. The molecular weight excluding hydrogens is 396 g/mol.